The molecule has 1 fully saturated rings. The van der Waals surface area contributed by atoms with E-state index in [4.69, 9.17) is 4.74 Å². The highest BCUT2D eigenvalue weighted by Crippen LogP contribution is 2.39. The van der Waals surface area contributed by atoms with E-state index in [1.165, 1.54) is 6.07 Å². The van der Waals surface area contributed by atoms with Gasteiger partial charge in [-0.2, -0.15) is 0 Å². The number of benzene rings is 2. The van der Waals surface area contributed by atoms with Crippen molar-refractivity contribution in [1.29, 1.82) is 0 Å². The van der Waals surface area contributed by atoms with Gasteiger partial charge in [-0.05, 0) is 62.8 Å². The first-order valence-corrected chi connectivity index (χ1v) is 11.0. The van der Waals surface area contributed by atoms with Gasteiger partial charge in [-0.25, -0.2) is 4.39 Å². The number of ether oxygens (including phenoxy) is 1. The van der Waals surface area contributed by atoms with Crippen LogP contribution >= 0.6 is 0 Å². The van der Waals surface area contributed by atoms with Crippen molar-refractivity contribution in [3.63, 3.8) is 0 Å². The lowest BCUT2D eigenvalue weighted by Crippen LogP contribution is -2.30. The molecule has 1 atom stereocenters. The van der Waals surface area contributed by atoms with Gasteiger partial charge in [0.05, 0.1) is 12.5 Å². The summed E-state index contributed by atoms with van der Waals surface area (Å²) in [4.78, 5) is 13.0. The molecule has 2 aromatic carbocycles. The number of hydrogen-bond acceptors (Lipinski definition) is 3. The highest BCUT2D eigenvalue weighted by molar-refractivity contribution is 5.88. The topological polar surface area (TPSA) is 51.5 Å². The van der Waals surface area contributed by atoms with Gasteiger partial charge in [0.2, 0.25) is 0 Å². The molecule has 0 bridgehead atoms. The molecule has 4 rings (SSSR count). The molecule has 1 N–H and O–H groups in total. The Labute approximate surface area is 182 Å². The maximum absolute atomic E-state index is 14.0. The van der Waals surface area contributed by atoms with Crippen LogP contribution in [0.2, 0.25) is 0 Å². The van der Waals surface area contributed by atoms with Crippen LogP contribution in [0.3, 0.4) is 0 Å². The van der Waals surface area contributed by atoms with E-state index in [0.29, 0.717) is 23.2 Å². The molecule has 0 spiro atoms. The summed E-state index contributed by atoms with van der Waals surface area (Å²) in [6.45, 7) is 6.11. The normalized spacial score (nSPS) is 16.0. The van der Waals surface area contributed by atoms with Gasteiger partial charge in [-0.15, -0.1) is 0 Å². The second-order valence-electron chi connectivity index (χ2n) is 9.58. The predicted octanol–water partition coefficient (Wildman–Crippen LogP) is 6.15. The van der Waals surface area contributed by atoms with Gasteiger partial charge in [-0.1, -0.05) is 43.2 Å². The Bertz CT molecular complexity index is 1070. The summed E-state index contributed by atoms with van der Waals surface area (Å²) in [6.07, 6.45) is 6.02. The molecule has 1 aliphatic rings. The SMILES string of the molecule is CC(C)(C)OC(=O)C(c1ccc(Cn2cc3c(F)cccc3c2O)cc1)C1CCCC1. The van der Waals surface area contributed by atoms with Gasteiger partial charge in [-0.3, -0.25) is 4.79 Å². The van der Waals surface area contributed by atoms with Gasteiger partial charge < -0.3 is 14.4 Å². The third-order valence-corrected chi connectivity index (χ3v) is 6.07. The molecule has 0 radical (unpaired) electrons. The van der Waals surface area contributed by atoms with E-state index in [0.717, 1.165) is 36.8 Å². The Morgan fingerprint density at radius 1 is 1.13 bits per heavy atom. The predicted molar refractivity (Wildman–Crippen MR) is 120 cm³/mol. The molecule has 0 amide bonds. The zero-order valence-corrected chi connectivity index (χ0v) is 18.4. The number of hydrogen-bond donors (Lipinski definition) is 1. The van der Waals surface area contributed by atoms with Crippen LogP contribution in [-0.4, -0.2) is 21.2 Å². The van der Waals surface area contributed by atoms with Crippen LogP contribution in [0, 0.1) is 11.7 Å². The molecule has 164 valence electrons. The fourth-order valence-corrected chi connectivity index (χ4v) is 4.64. The first-order valence-electron chi connectivity index (χ1n) is 11.0. The van der Waals surface area contributed by atoms with E-state index in [9.17, 15) is 14.3 Å². The fraction of sp³-hybridized carbons (Fsp3) is 0.423. The summed E-state index contributed by atoms with van der Waals surface area (Å²) in [6, 6.07) is 12.6. The molecule has 31 heavy (non-hydrogen) atoms. The van der Waals surface area contributed by atoms with Crippen LogP contribution in [0.4, 0.5) is 4.39 Å². The molecule has 0 saturated heterocycles. The van der Waals surface area contributed by atoms with Crippen LogP contribution in [-0.2, 0) is 16.1 Å². The van der Waals surface area contributed by atoms with Gasteiger partial charge in [0, 0.05) is 17.0 Å². The van der Waals surface area contributed by atoms with Crippen molar-refractivity contribution < 1.29 is 19.0 Å². The minimum atomic E-state index is -0.517. The Morgan fingerprint density at radius 3 is 2.42 bits per heavy atom. The highest BCUT2D eigenvalue weighted by atomic mass is 19.1. The average molecular weight is 424 g/mol. The van der Waals surface area contributed by atoms with Gasteiger partial charge in [0.15, 0.2) is 5.88 Å². The number of rotatable bonds is 5. The Morgan fingerprint density at radius 2 is 1.81 bits per heavy atom. The van der Waals surface area contributed by atoms with Crippen molar-refractivity contribution in [2.24, 2.45) is 5.92 Å². The molecule has 1 saturated carbocycles. The van der Waals surface area contributed by atoms with Crippen molar-refractivity contribution in [3.8, 4) is 5.88 Å². The summed E-state index contributed by atoms with van der Waals surface area (Å²) in [7, 11) is 0. The van der Waals surface area contributed by atoms with Gasteiger partial charge in [0.25, 0.3) is 0 Å². The number of esters is 1. The molecular formula is C26H30FNO3. The van der Waals surface area contributed by atoms with Crippen molar-refractivity contribution in [2.45, 2.75) is 64.5 Å². The lowest BCUT2D eigenvalue weighted by atomic mass is 9.84. The van der Waals surface area contributed by atoms with Crippen LogP contribution in [0.15, 0.2) is 48.7 Å². The zero-order chi connectivity index (χ0) is 22.2. The number of fused-ring (bicyclic) bond motifs is 1. The minimum absolute atomic E-state index is 0.0520. The second kappa shape index (κ2) is 8.37. The molecule has 4 nitrogen and oxygen atoms in total. The maximum Gasteiger partial charge on any atom is 0.314 e. The molecule has 5 heteroatoms. The van der Waals surface area contributed by atoms with Gasteiger partial charge in [0.1, 0.15) is 11.4 Å². The summed E-state index contributed by atoms with van der Waals surface area (Å²) < 4.78 is 21.4. The summed E-state index contributed by atoms with van der Waals surface area (Å²) in [5.74, 6) is -0.401. The molecule has 1 aromatic heterocycles. The molecule has 1 aliphatic carbocycles. The second-order valence-corrected chi connectivity index (χ2v) is 9.58. The van der Waals surface area contributed by atoms with Crippen LogP contribution in [0.5, 0.6) is 5.88 Å². The summed E-state index contributed by atoms with van der Waals surface area (Å²) in [5, 5.41) is 11.4. The van der Waals surface area contributed by atoms with E-state index in [2.05, 4.69) is 0 Å². The molecule has 1 unspecified atom stereocenters. The molecule has 3 aromatic rings. The lowest BCUT2D eigenvalue weighted by molar-refractivity contribution is -0.158. The van der Waals surface area contributed by atoms with Crippen molar-refractivity contribution in [1.82, 2.24) is 4.57 Å². The molecule has 1 heterocycles. The largest absolute Gasteiger partial charge is 0.494 e. The maximum atomic E-state index is 14.0. The third kappa shape index (κ3) is 4.60. The lowest BCUT2D eigenvalue weighted by Gasteiger charge is -2.27. The van der Waals surface area contributed by atoms with Crippen LogP contribution in [0.25, 0.3) is 10.8 Å². The summed E-state index contributed by atoms with van der Waals surface area (Å²) in [5.41, 5.74) is 1.42. The number of halogens is 1. The fourth-order valence-electron chi connectivity index (χ4n) is 4.64. The monoisotopic (exact) mass is 423 g/mol. The highest BCUT2D eigenvalue weighted by Gasteiger charge is 2.35. The number of nitrogens with zero attached hydrogens (tertiary/aromatic N) is 1. The standard InChI is InChI=1S/C26H30FNO3/c1-26(2,3)31-25(30)23(18-7-4-5-8-18)19-13-11-17(12-14-19)15-28-16-21-20(24(28)29)9-6-10-22(21)27/h6,9-14,16,18,23,29H,4-5,7-8,15H2,1-3H3. The zero-order valence-electron chi connectivity index (χ0n) is 18.4. The third-order valence-electron chi connectivity index (χ3n) is 6.07. The van der Waals surface area contributed by atoms with E-state index in [1.54, 1.807) is 22.9 Å². The Balaban J connectivity index is 1.58. The van der Waals surface area contributed by atoms with Crippen molar-refractivity contribution in [2.75, 3.05) is 0 Å². The Kier molecular flexibility index (Phi) is 5.78. The number of aromatic nitrogens is 1. The molecule has 0 aliphatic heterocycles. The van der Waals surface area contributed by atoms with E-state index < -0.39 is 5.60 Å². The first kappa shape index (κ1) is 21.4. The van der Waals surface area contributed by atoms with E-state index in [-0.39, 0.29) is 23.6 Å². The van der Waals surface area contributed by atoms with E-state index in [1.807, 2.05) is 45.0 Å². The number of carbonyl (C=O) groups is 1. The first-order chi connectivity index (χ1) is 14.7. The quantitative estimate of drug-likeness (QED) is 0.501. The van der Waals surface area contributed by atoms with Crippen LogP contribution in [0.1, 0.15) is 63.5 Å². The van der Waals surface area contributed by atoms with Crippen LogP contribution < -0.4 is 0 Å². The number of carbonyl (C=O) groups excluding carboxylic acids is 1. The van der Waals surface area contributed by atoms with E-state index >= 15 is 0 Å². The Hall–Kier alpha value is -2.82. The number of aromatic hydroxyl groups is 1. The molecular weight excluding hydrogens is 393 g/mol. The van der Waals surface area contributed by atoms with Crippen molar-refractivity contribution >= 4 is 16.7 Å². The van der Waals surface area contributed by atoms with Crippen molar-refractivity contribution in [3.05, 3.63) is 65.6 Å². The average Bonchev–Trinajstić information content (AvgIpc) is 3.32. The van der Waals surface area contributed by atoms with Gasteiger partial charge >= 0.3 is 5.97 Å². The smallest absolute Gasteiger partial charge is 0.314 e. The minimum Gasteiger partial charge on any atom is -0.494 e. The summed E-state index contributed by atoms with van der Waals surface area (Å²) >= 11 is 0.